The molecule has 0 N–H and O–H groups in total. The summed E-state index contributed by atoms with van der Waals surface area (Å²) in [6.45, 7) is 25.8. The summed E-state index contributed by atoms with van der Waals surface area (Å²) in [6, 6.07) is 24.6. The van der Waals surface area contributed by atoms with E-state index in [-0.39, 0.29) is 136 Å². The van der Waals surface area contributed by atoms with Gasteiger partial charge in [0.25, 0.3) is 23.6 Å². The Morgan fingerprint density at radius 3 is 0.768 bits per heavy atom. The number of imide groups is 2. The first-order valence-electron chi connectivity index (χ1n) is 37.4. The fourth-order valence-electron chi connectivity index (χ4n) is 14.8. The van der Waals surface area contributed by atoms with Crippen LogP contribution in [0.1, 0.15) is 147 Å². The van der Waals surface area contributed by atoms with Gasteiger partial charge in [-0.3, -0.25) is 38.8 Å². The van der Waals surface area contributed by atoms with Crippen LogP contribution in [-0.4, -0.2) is 183 Å². The summed E-state index contributed by atoms with van der Waals surface area (Å²) in [5.74, 6) is -11.4. The highest BCUT2D eigenvalue weighted by Gasteiger charge is 2.58. The normalized spacial score (nSPS) is 19.0. The van der Waals surface area contributed by atoms with Crippen LogP contribution in [0.15, 0.2) is 121 Å². The maximum Gasteiger partial charge on any atom is 0.420 e. The third-order valence-corrected chi connectivity index (χ3v) is 21.1. The zero-order valence-electron chi connectivity index (χ0n) is 64.1. The molecular formula is C86H86F6N4O16. The third kappa shape index (κ3) is 15.7. The summed E-state index contributed by atoms with van der Waals surface area (Å²) >= 11 is 0. The van der Waals surface area contributed by atoms with Gasteiger partial charge in [-0.15, -0.1) is 0 Å². The number of rotatable bonds is 26. The lowest BCUT2D eigenvalue weighted by Gasteiger charge is -2.36. The lowest BCUT2D eigenvalue weighted by atomic mass is 9.80. The van der Waals surface area contributed by atoms with E-state index >= 15 is 45.5 Å². The van der Waals surface area contributed by atoms with Crippen LogP contribution in [0.3, 0.4) is 0 Å². The van der Waals surface area contributed by atoms with Crippen LogP contribution in [-0.2, 0) is 59.7 Å². The third-order valence-electron chi connectivity index (χ3n) is 21.1. The number of carbonyl (C=O) groups is 6. The molecule has 0 radical (unpaired) electrons. The molecule has 9 aromatic rings. The van der Waals surface area contributed by atoms with Crippen molar-refractivity contribution in [3.05, 3.63) is 166 Å². The molecule has 26 heteroatoms. The van der Waals surface area contributed by atoms with Gasteiger partial charge in [0.1, 0.15) is 59.2 Å². The number of nitrogens with zero attached hydrogens (tertiary/aromatic N) is 4. The second kappa shape index (κ2) is 28.6. The molecule has 4 fully saturated rings. The number of alkyl halides is 6. The molecule has 6 unspecified atom stereocenters. The maximum absolute atomic E-state index is 16.3. The minimum Gasteiger partial charge on any atom is -0.463 e. The predicted molar refractivity (Wildman–Crippen MR) is 403 cm³/mol. The van der Waals surface area contributed by atoms with Crippen molar-refractivity contribution >= 4 is 78.7 Å². The van der Waals surface area contributed by atoms with Crippen LogP contribution in [0, 0.1) is 0 Å². The molecule has 0 aromatic heterocycles. The Labute approximate surface area is 642 Å². The van der Waals surface area contributed by atoms with Crippen molar-refractivity contribution in [1.29, 1.82) is 0 Å². The highest BCUT2D eigenvalue weighted by atomic mass is 19.4. The molecule has 6 heterocycles. The van der Waals surface area contributed by atoms with Crippen molar-refractivity contribution in [2.75, 3.05) is 78.9 Å². The van der Waals surface area contributed by atoms with Gasteiger partial charge in [-0.25, -0.2) is 9.59 Å². The molecule has 588 valence electrons. The number of esters is 2. The van der Waals surface area contributed by atoms with Crippen LogP contribution in [0.25, 0.3) is 43.1 Å². The van der Waals surface area contributed by atoms with Crippen LogP contribution in [0.2, 0.25) is 0 Å². The fourth-order valence-corrected chi connectivity index (χ4v) is 14.8. The van der Waals surface area contributed by atoms with Gasteiger partial charge in [-0.2, -0.15) is 26.3 Å². The topological polar surface area (TPSA) is 221 Å². The van der Waals surface area contributed by atoms with E-state index in [0.717, 1.165) is 46.5 Å². The molecule has 4 amide bonds. The average Bonchev–Trinajstić information content (AvgIpc) is 1.61. The number of amides is 4. The molecule has 9 aromatic carbocycles. The summed E-state index contributed by atoms with van der Waals surface area (Å²) in [7, 11) is 0. The highest BCUT2D eigenvalue weighted by Crippen LogP contribution is 2.59. The average molecular weight is 1550 g/mol. The Bertz CT molecular complexity index is 4620. The number of benzene rings is 9. The van der Waals surface area contributed by atoms with Gasteiger partial charge in [0.05, 0.1) is 73.1 Å². The number of ether oxygens (including phenoxy) is 10. The molecule has 4 saturated heterocycles. The molecular weight excluding hydrogens is 1460 g/mol. The van der Waals surface area contributed by atoms with E-state index in [1.54, 1.807) is 97.1 Å². The molecule has 0 bridgehead atoms. The van der Waals surface area contributed by atoms with E-state index in [9.17, 15) is 9.59 Å². The second-order valence-corrected chi connectivity index (χ2v) is 33.7. The van der Waals surface area contributed by atoms with Crippen LogP contribution < -0.4 is 18.9 Å². The second-order valence-electron chi connectivity index (χ2n) is 33.7. The zero-order valence-corrected chi connectivity index (χ0v) is 64.1. The Morgan fingerprint density at radius 2 is 0.580 bits per heavy atom. The number of halogens is 6. The first kappa shape index (κ1) is 77.4. The predicted octanol–water partition coefficient (Wildman–Crippen LogP) is 16.4. The van der Waals surface area contributed by atoms with Crippen molar-refractivity contribution in [3.8, 4) is 46.0 Å². The Morgan fingerprint density at radius 1 is 0.366 bits per heavy atom. The molecule has 6 atom stereocenters. The van der Waals surface area contributed by atoms with Gasteiger partial charge in [-0.05, 0) is 117 Å². The quantitative estimate of drug-likeness (QED) is 0.0123. The first-order chi connectivity index (χ1) is 52.8. The van der Waals surface area contributed by atoms with Gasteiger partial charge in [0.2, 0.25) is 12.1 Å². The molecule has 112 heavy (non-hydrogen) atoms. The van der Waals surface area contributed by atoms with Gasteiger partial charge in [0.15, 0.2) is 0 Å². The number of epoxide rings is 4. The smallest absolute Gasteiger partial charge is 0.420 e. The van der Waals surface area contributed by atoms with Gasteiger partial charge >= 0.3 is 24.3 Å². The summed E-state index contributed by atoms with van der Waals surface area (Å²) in [6.07, 6.45) is -12.0. The maximum atomic E-state index is 16.3. The largest absolute Gasteiger partial charge is 0.463 e. The lowest BCUT2D eigenvalue weighted by Crippen LogP contribution is -2.57. The Hall–Kier alpha value is -9.96. The van der Waals surface area contributed by atoms with Gasteiger partial charge in [-0.1, -0.05) is 132 Å². The zero-order chi connectivity index (χ0) is 79.8. The van der Waals surface area contributed by atoms with Crippen molar-refractivity contribution in [2.24, 2.45) is 0 Å². The minimum absolute atomic E-state index is 0.0591. The molecule has 0 spiro atoms. The number of carbonyl (C=O) groups excluding carboxylic acids is 6. The monoisotopic (exact) mass is 1540 g/mol. The summed E-state index contributed by atoms with van der Waals surface area (Å²) in [5, 5.41) is -1.28. The first-order valence-corrected chi connectivity index (χ1v) is 37.4. The van der Waals surface area contributed by atoms with Crippen molar-refractivity contribution < 1.29 is 102 Å². The van der Waals surface area contributed by atoms with Gasteiger partial charge < -0.3 is 47.4 Å². The van der Waals surface area contributed by atoms with Crippen molar-refractivity contribution in [1.82, 2.24) is 19.6 Å². The number of hydrogen-bond acceptors (Lipinski definition) is 18. The standard InChI is InChI=1S/C86H86F6N4O16/c1-81(2,3)45-13-21-49(22-14-45)109-61-33-57-65-58(76(98)95(75(57)97)73(85(87,88)89)79(101)103-31-29-93(37-53-41-105-53)38-54-42-106-54)35-63(111-51-25-17-47(18-26-51)83(7,8)9)69-70-64(112-52-27-19-48(20-28-52)84(10,11)12)36-60-66-59(34-62(68(72(66)70)67(61)71(65)69)110-50-23-15-46(16-24-50)82(4,5)6)77(99)96(78(60)100)74(86(90,91)92)80(102)104-32-30-94(39-55-43-107-55)40-56-44-108-56/h13-28,33-36,53-56,73-74H,29-32,37-44H2,1-12H3. The molecule has 15 rings (SSSR count). The Kier molecular flexibility index (Phi) is 19.8. The fraction of sp³-hybridized carbons (Fsp3) is 0.419. The van der Waals surface area contributed by atoms with Crippen molar-refractivity contribution in [2.45, 2.75) is 154 Å². The molecule has 6 aliphatic heterocycles. The lowest BCUT2D eigenvalue weighted by molar-refractivity contribution is -0.196. The number of hydrogen-bond donors (Lipinski definition) is 0. The van der Waals surface area contributed by atoms with E-state index in [1.165, 1.54) is 0 Å². The SMILES string of the molecule is CC(C)(C)c1ccc(Oc2cc3c4c(cc(Oc5ccc(C(C)(C)C)cc5)c5c6c(Oc7ccc(C(C)(C)C)cc7)cc7c8c(cc(Oc9ccc(C(C)(C)C)cc9)c(c2c45)c86)C(=O)N(C(C(=O)OCCN(CC2CO2)CC2CO2)C(F)(F)F)C7=O)C(=O)N(C(C(=O)OCCN(CC2CO2)CC2CO2)C(F)(F)F)C3=O)cc1. The Balaban J connectivity index is 1.02. The van der Waals surface area contributed by atoms with Crippen LogP contribution in [0.4, 0.5) is 26.3 Å². The minimum atomic E-state index is -5.68. The van der Waals surface area contributed by atoms with E-state index in [1.807, 2.05) is 92.9 Å². The van der Waals surface area contributed by atoms with E-state index < -0.39 is 117 Å². The van der Waals surface area contributed by atoms with E-state index in [4.69, 9.17) is 47.4 Å². The number of fused-ring (bicyclic) bond motifs is 2. The van der Waals surface area contributed by atoms with Crippen LogP contribution in [0.5, 0.6) is 46.0 Å². The summed E-state index contributed by atoms with van der Waals surface area (Å²) in [5.41, 5.74) is -0.707. The van der Waals surface area contributed by atoms with E-state index in [0.29, 0.717) is 52.6 Å². The molecule has 20 nitrogen and oxygen atoms in total. The van der Waals surface area contributed by atoms with Crippen molar-refractivity contribution in [3.63, 3.8) is 0 Å². The molecule has 0 saturated carbocycles. The van der Waals surface area contributed by atoms with Gasteiger partial charge in [0, 0.05) is 82.4 Å². The molecule has 6 aliphatic rings. The van der Waals surface area contributed by atoms with E-state index in [2.05, 4.69) is 0 Å². The molecule has 0 aliphatic carbocycles. The van der Waals surface area contributed by atoms with Crippen LogP contribution >= 0.6 is 0 Å². The summed E-state index contributed by atoms with van der Waals surface area (Å²) < 4.78 is 159. The highest BCUT2D eigenvalue weighted by molar-refractivity contribution is 6.45. The summed E-state index contributed by atoms with van der Waals surface area (Å²) in [4.78, 5) is 96.7.